The topological polar surface area (TPSA) is 0 Å². The predicted octanol–water partition coefficient (Wildman–Crippen LogP) is 12.2. The van der Waals surface area contributed by atoms with E-state index >= 15 is 26.3 Å². The molecule has 0 saturated heterocycles. The number of hydrogen-bond donors (Lipinski definition) is 0. The molecule has 0 nitrogen and oxygen atoms in total. The maximum Gasteiger partial charge on any atom is 0.380 e. The van der Waals surface area contributed by atoms with Gasteiger partial charge in [0.25, 0.3) is 0 Å². The van der Waals surface area contributed by atoms with Gasteiger partial charge in [-0.1, -0.05) is 97.1 Å². The third kappa shape index (κ3) is 5.49. The molecule has 0 unspecified atom stereocenters. The first-order valence-corrected chi connectivity index (χ1v) is 16.8. The lowest BCUT2D eigenvalue weighted by Gasteiger charge is -2.25. The number of hydrogen-bond acceptors (Lipinski definition) is 4. The van der Waals surface area contributed by atoms with E-state index in [-0.39, 0.29) is 20.9 Å². The Balaban J connectivity index is 1.37. The van der Waals surface area contributed by atoms with Gasteiger partial charge in [0.05, 0.1) is 4.20 Å². The minimum atomic E-state index is -5.61. The molecular weight excluding hydrogens is 663 g/mol. The summed E-state index contributed by atoms with van der Waals surface area (Å²) in [6.07, 6.45) is 0. The van der Waals surface area contributed by atoms with Crippen molar-refractivity contribution in [1.82, 2.24) is 0 Å². The lowest BCUT2D eigenvalue weighted by molar-refractivity contribution is -0.254. The van der Waals surface area contributed by atoms with E-state index in [0.717, 1.165) is 38.0 Å². The maximum atomic E-state index is 15.6. The normalized spacial score (nSPS) is 16.7. The summed E-state index contributed by atoms with van der Waals surface area (Å²) in [7, 11) is 0. The standard InChI is InChI=1S/C35H24F6S4/c1-20-26(17-28(44-20)23-9-5-3-6-10-23)30-31(34(38,39)35(40,41)33(30,36)37)27-18-29(45-21(27)2)24-15-13-22(14-16-24)19-43-32(42)25-11-7-4-8-12-25/h3-18H,19H2,1-2H3. The number of halogens is 6. The van der Waals surface area contributed by atoms with E-state index in [1.165, 1.54) is 37.7 Å². The van der Waals surface area contributed by atoms with Gasteiger partial charge >= 0.3 is 17.8 Å². The Hall–Kier alpha value is -3.18. The highest BCUT2D eigenvalue weighted by atomic mass is 32.2. The first-order chi connectivity index (χ1) is 21.3. The molecule has 5 aromatic rings. The van der Waals surface area contributed by atoms with Gasteiger partial charge in [0, 0.05) is 36.4 Å². The van der Waals surface area contributed by atoms with Crippen molar-refractivity contribution in [2.45, 2.75) is 37.4 Å². The number of alkyl halides is 6. The third-order valence-electron chi connectivity index (χ3n) is 7.72. The summed E-state index contributed by atoms with van der Waals surface area (Å²) < 4.78 is 93.1. The molecule has 0 radical (unpaired) electrons. The van der Waals surface area contributed by atoms with Gasteiger partial charge in [-0.3, -0.25) is 0 Å². The Bertz CT molecular complexity index is 1900. The second-order valence-electron chi connectivity index (χ2n) is 10.6. The average molecular weight is 687 g/mol. The molecule has 0 atom stereocenters. The van der Waals surface area contributed by atoms with Gasteiger partial charge in [0.1, 0.15) is 0 Å². The summed E-state index contributed by atoms with van der Waals surface area (Å²) in [4.78, 5) is 1.53. The second-order valence-corrected chi connectivity index (χ2v) is 14.8. The van der Waals surface area contributed by atoms with Crippen molar-refractivity contribution in [2.24, 2.45) is 0 Å². The van der Waals surface area contributed by atoms with Gasteiger partial charge in [-0.05, 0) is 59.4 Å². The number of thiophene rings is 2. The number of benzene rings is 3. The minimum Gasteiger partial charge on any atom is -0.194 e. The molecule has 6 rings (SSSR count). The van der Waals surface area contributed by atoms with Crippen LogP contribution < -0.4 is 0 Å². The van der Waals surface area contributed by atoms with E-state index in [9.17, 15) is 0 Å². The molecule has 1 aliphatic carbocycles. The van der Waals surface area contributed by atoms with Crippen molar-refractivity contribution in [2.75, 3.05) is 0 Å². The van der Waals surface area contributed by atoms with E-state index in [4.69, 9.17) is 12.2 Å². The van der Waals surface area contributed by atoms with Crippen LogP contribution in [0.3, 0.4) is 0 Å². The Morgan fingerprint density at radius 2 is 1.09 bits per heavy atom. The molecule has 230 valence electrons. The van der Waals surface area contributed by atoms with Crippen LogP contribution in [0.2, 0.25) is 0 Å². The van der Waals surface area contributed by atoms with Crippen LogP contribution in [0.5, 0.6) is 0 Å². The van der Waals surface area contributed by atoms with Crippen molar-refractivity contribution in [1.29, 1.82) is 0 Å². The highest BCUT2D eigenvalue weighted by Gasteiger charge is 2.80. The molecule has 10 heteroatoms. The molecule has 0 amide bonds. The molecule has 3 aromatic carbocycles. The lowest BCUT2D eigenvalue weighted by atomic mass is 9.94. The highest BCUT2D eigenvalue weighted by molar-refractivity contribution is 8.23. The van der Waals surface area contributed by atoms with Crippen LogP contribution in [0.1, 0.15) is 32.0 Å². The number of allylic oxidation sites excluding steroid dienone is 2. The van der Waals surface area contributed by atoms with Crippen LogP contribution in [0, 0.1) is 13.8 Å². The van der Waals surface area contributed by atoms with Crippen molar-refractivity contribution in [3.05, 3.63) is 129 Å². The molecule has 0 N–H and O–H groups in total. The summed E-state index contributed by atoms with van der Waals surface area (Å²) in [5, 5.41) is 0. The average Bonchev–Trinajstić information content (AvgIpc) is 3.63. The quantitative estimate of drug-likeness (QED) is 0.123. The largest absolute Gasteiger partial charge is 0.380 e. The van der Waals surface area contributed by atoms with Crippen molar-refractivity contribution >= 4 is 62.0 Å². The zero-order chi connectivity index (χ0) is 32.1. The van der Waals surface area contributed by atoms with E-state index in [2.05, 4.69) is 0 Å². The zero-order valence-electron chi connectivity index (χ0n) is 23.8. The van der Waals surface area contributed by atoms with Crippen LogP contribution in [-0.4, -0.2) is 22.0 Å². The monoisotopic (exact) mass is 686 g/mol. The van der Waals surface area contributed by atoms with Gasteiger partial charge in [0.15, 0.2) is 0 Å². The Morgan fingerprint density at radius 1 is 0.644 bits per heavy atom. The lowest BCUT2D eigenvalue weighted by Crippen LogP contribution is -2.48. The van der Waals surface area contributed by atoms with Crippen molar-refractivity contribution in [3.8, 4) is 20.9 Å². The van der Waals surface area contributed by atoms with Crippen LogP contribution >= 0.6 is 46.7 Å². The smallest absolute Gasteiger partial charge is 0.194 e. The Morgan fingerprint density at radius 3 is 1.58 bits per heavy atom. The summed E-state index contributed by atoms with van der Waals surface area (Å²) in [6, 6.07) is 28.4. The molecule has 0 aliphatic heterocycles. The second kappa shape index (κ2) is 11.9. The SMILES string of the molecule is Cc1sc(-c2ccccc2)cc1C1=C(c2cc(-c3ccc(CSC(=S)c4ccccc4)cc3)sc2C)C(F)(F)C(F)(F)C1(F)F. The number of aryl methyl sites for hydroxylation is 2. The molecular formula is C35H24F6S4. The highest BCUT2D eigenvalue weighted by Crippen LogP contribution is 2.66. The van der Waals surface area contributed by atoms with Gasteiger partial charge in [0.2, 0.25) is 0 Å². The Kier molecular flexibility index (Phi) is 8.39. The fourth-order valence-electron chi connectivity index (χ4n) is 5.35. The van der Waals surface area contributed by atoms with Crippen molar-refractivity contribution < 1.29 is 26.3 Å². The molecule has 1 aliphatic rings. The molecule has 2 aromatic heterocycles. The van der Waals surface area contributed by atoms with Crippen LogP contribution in [-0.2, 0) is 5.75 Å². The molecule has 0 spiro atoms. The van der Waals surface area contributed by atoms with Gasteiger partial charge in [-0.15, -0.1) is 34.4 Å². The number of thioether (sulfide) groups is 1. The first kappa shape index (κ1) is 31.8. The minimum absolute atomic E-state index is 0.245. The predicted molar refractivity (Wildman–Crippen MR) is 180 cm³/mol. The summed E-state index contributed by atoms with van der Waals surface area (Å²) >= 11 is 9.22. The fourth-order valence-corrected chi connectivity index (χ4v) is 8.52. The molecule has 0 fully saturated rings. The summed E-state index contributed by atoms with van der Waals surface area (Å²) in [6.45, 7) is 2.98. The molecule has 45 heavy (non-hydrogen) atoms. The number of rotatable bonds is 7. The first-order valence-electron chi connectivity index (χ1n) is 13.8. The van der Waals surface area contributed by atoms with Gasteiger partial charge in [-0.25, -0.2) is 0 Å². The Labute approximate surface area is 274 Å². The van der Waals surface area contributed by atoms with Crippen molar-refractivity contribution in [3.63, 3.8) is 0 Å². The van der Waals surface area contributed by atoms with E-state index < -0.39 is 28.9 Å². The van der Waals surface area contributed by atoms with E-state index in [1.54, 1.807) is 42.5 Å². The van der Waals surface area contributed by atoms with E-state index in [0.29, 0.717) is 26.6 Å². The van der Waals surface area contributed by atoms with Crippen LogP contribution in [0.15, 0.2) is 97.1 Å². The van der Waals surface area contributed by atoms with Crippen LogP contribution in [0.4, 0.5) is 26.3 Å². The third-order valence-corrected chi connectivity index (χ3v) is 11.5. The maximum absolute atomic E-state index is 15.6. The summed E-state index contributed by atoms with van der Waals surface area (Å²) in [5.41, 5.74) is 0.0422. The van der Waals surface area contributed by atoms with E-state index in [1.807, 2.05) is 42.5 Å². The molecule has 2 heterocycles. The summed E-state index contributed by atoms with van der Waals surface area (Å²) in [5.74, 6) is -15.2. The molecule has 0 bridgehead atoms. The van der Waals surface area contributed by atoms with Gasteiger partial charge in [-0.2, -0.15) is 26.3 Å². The van der Waals surface area contributed by atoms with Crippen LogP contribution in [0.25, 0.3) is 32.0 Å². The number of thiocarbonyl (C=S) groups is 1. The van der Waals surface area contributed by atoms with Gasteiger partial charge < -0.3 is 0 Å². The zero-order valence-corrected chi connectivity index (χ0v) is 27.1. The fraction of sp³-hybridized carbons (Fsp3) is 0.171. The molecule has 0 saturated carbocycles.